The molecular formula is C29H33N7O3. The molecule has 10 heteroatoms. The zero-order chi connectivity index (χ0) is 26.6. The maximum absolute atomic E-state index is 11.7. The third-order valence-electron chi connectivity index (χ3n) is 7.56. The second-order valence-corrected chi connectivity index (χ2v) is 10.1. The van der Waals surface area contributed by atoms with Crippen LogP contribution < -0.4 is 4.90 Å². The van der Waals surface area contributed by atoms with E-state index in [0.717, 1.165) is 73.5 Å². The Morgan fingerprint density at radius 3 is 2.51 bits per heavy atom. The number of carbonyl (C=O) groups is 1. The molecule has 0 atom stereocenters. The topological polar surface area (TPSA) is 98.5 Å². The van der Waals surface area contributed by atoms with Crippen molar-refractivity contribution in [1.82, 2.24) is 29.6 Å². The Balaban J connectivity index is 1.29. The van der Waals surface area contributed by atoms with Crippen LogP contribution in [0.5, 0.6) is 0 Å². The monoisotopic (exact) mass is 527 g/mol. The average Bonchev–Trinajstić information content (AvgIpc) is 3.42. The smallest absolute Gasteiger partial charge is 0.309 e. The Hall–Kier alpha value is -3.89. The minimum Gasteiger partial charge on any atom is -0.469 e. The lowest BCUT2D eigenvalue weighted by molar-refractivity contribution is -0.139. The normalized spacial score (nSPS) is 17.0. The number of ether oxygens (including phenoxy) is 2. The van der Waals surface area contributed by atoms with Gasteiger partial charge in [0.25, 0.3) is 0 Å². The molecule has 3 aromatic heterocycles. The molecule has 2 aliphatic rings. The number of esters is 1. The van der Waals surface area contributed by atoms with Gasteiger partial charge in [-0.1, -0.05) is 30.3 Å². The van der Waals surface area contributed by atoms with Crippen LogP contribution in [-0.2, 0) is 27.2 Å². The van der Waals surface area contributed by atoms with Crippen LogP contribution in [0.4, 0.5) is 5.82 Å². The summed E-state index contributed by atoms with van der Waals surface area (Å²) in [5.74, 6) is 1.30. The predicted molar refractivity (Wildman–Crippen MR) is 147 cm³/mol. The molecule has 4 aromatic rings. The van der Waals surface area contributed by atoms with Crippen molar-refractivity contribution in [2.24, 2.45) is 0 Å². The van der Waals surface area contributed by atoms with Crippen molar-refractivity contribution in [2.75, 3.05) is 51.4 Å². The minimum absolute atomic E-state index is 0.238. The van der Waals surface area contributed by atoms with Gasteiger partial charge >= 0.3 is 5.97 Å². The lowest BCUT2D eigenvalue weighted by atomic mass is 10.0. The van der Waals surface area contributed by atoms with Crippen LogP contribution in [0.3, 0.4) is 0 Å². The van der Waals surface area contributed by atoms with E-state index in [1.165, 1.54) is 12.7 Å². The Labute approximate surface area is 227 Å². The first kappa shape index (κ1) is 25.4. The number of hydrogen-bond acceptors (Lipinski definition) is 9. The van der Waals surface area contributed by atoms with Gasteiger partial charge in [-0.25, -0.2) is 14.6 Å². The second kappa shape index (κ2) is 11.5. The summed E-state index contributed by atoms with van der Waals surface area (Å²) in [6, 6.07) is 12.2. The lowest BCUT2D eigenvalue weighted by Gasteiger charge is -2.32. The molecule has 0 aliphatic carbocycles. The number of aromatic nitrogens is 5. The van der Waals surface area contributed by atoms with Gasteiger partial charge in [0.1, 0.15) is 5.82 Å². The molecule has 0 spiro atoms. The highest BCUT2D eigenvalue weighted by Gasteiger charge is 2.26. The molecule has 202 valence electrons. The second-order valence-electron chi connectivity index (χ2n) is 10.1. The number of nitrogens with zero attached hydrogens (tertiary/aromatic N) is 7. The molecule has 39 heavy (non-hydrogen) atoms. The molecule has 0 amide bonds. The molecule has 0 N–H and O–H groups in total. The van der Waals surface area contributed by atoms with E-state index in [0.29, 0.717) is 19.0 Å². The molecule has 1 aromatic carbocycles. The van der Waals surface area contributed by atoms with E-state index < -0.39 is 0 Å². The number of fused-ring (bicyclic) bond motifs is 1. The van der Waals surface area contributed by atoms with Crippen molar-refractivity contribution in [3.05, 3.63) is 66.1 Å². The fourth-order valence-corrected chi connectivity index (χ4v) is 5.41. The van der Waals surface area contributed by atoms with Gasteiger partial charge in [-0.05, 0) is 30.0 Å². The largest absolute Gasteiger partial charge is 0.469 e. The summed E-state index contributed by atoms with van der Waals surface area (Å²) in [4.78, 5) is 30.8. The Bertz CT molecular complexity index is 1410. The summed E-state index contributed by atoms with van der Waals surface area (Å²) in [7, 11) is 1.40. The number of methoxy groups -OCH3 is 1. The fraction of sp³-hybridized carbons (Fsp3) is 0.414. The average molecular weight is 528 g/mol. The number of morpholine rings is 1. The summed E-state index contributed by atoms with van der Waals surface area (Å²) < 4.78 is 12.5. The van der Waals surface area contributed by atoms with Crippen LogP contribution >= 0.6 is 0 Å². The van der Waals surface area contributed by atoms with Crippen LogP contribution in [0, 0.1) is 0 Å². The van der Waals surface area contributed by atoms with E-state index >= 15 is 0 Å². The van der Waals surface area contributed by atoms with Gasteiger partial charge in [0.05, 0.1) is 44.4 Å². The van der Waals surface area contributed by atoms with Crippen molar-refractivity contribution < 1.29 is 14.3 Å². The molecule has 0 unspecified atom stereocenters. The maximum Gasteiger partial charge on any atom is 0.309 e. The van der Waals surface area contributed by atoms with E-state index in [1.807, 2.05) is 48.9 Å². The van der Waals surface area contributed by atoms with E-state index in [4.69, 9.17) is 24.5 Å². The molecule has 0 saturated carbocycles. The number of hydrogen-bond donors (Lipinski definition) is 0. The first-order valence-corrected chi connectivity index (χ1v) is 13.5. The molecular weight excluding hydrogens is 494 g/mol. The van der Waals surface area contributed by atoms with Gasteiger partial charge < -0.3 is 14.4 Å². The van der Waals surface area contributed by atoms with Crippen LogP contribution in [0.2, 0.25) is 0 Å². The van der Waals surface area contributed by atoms with Crippen molar-refractivity contribution in [2.45, 2.75) is 31.8 Å². The summed E-state index contributed by atoms with van der Waals surface area (Å²) in [5, 5.41) is 5.82. The minimum atomic E-state index is -0.259. The Morgan fingerprint density at radius 1 is 1.00 bits per heavy atom. The molecule has 2 fully saturated rings. The van der Waals surface area contributed by atoms with Gasteiger partial charge in [0, 0.05) is 50.7 Å². The number of piperidine rings is 1. The SMILES string of the molecule is COC(=O)Cc1ccc(-c2nc(N3CCOCC3)c3cnn(C4CCN(Cc5cccnc5)CC4)c3n2)cc1. The van der Waals surface area contributed by atoms with Gasteiger partial charge in [-0.2, -0.15) is 5.10 Å². The van der Waals surface area contributed by atoms with Crippen LogP contribution in [-0.4, -0.2) is 82.1 Å². The van der Waals surface area contributed by atoms with Gasteiger partial charge in [-0.3, -0.25) is 14.7 Å². The molecule has 0 bridgehead atoms. The number of pyridine rings is 1. The van der Waals surface area contributed by atoms with Crippen LogP contribution in [0.15, 0.2) is 55.0 Å². The maximum atomic E-state index is 11.7. The number of carbonyl (C=O) groups excluding carboxylic acids is 1. The van der Waals surface area contributed by atoms with Crippen molar-refractivity contribution in [3.8, 4) is 11.4 Å². The van der Waals surface area contributed by atoms with Crippen molar-refractivity contribution in [1.29, 1.82) is 0 Å². The summed E-state index contributed by atoms with van der Waals surface area (Å²) in [5.41, 5.74) is 3.90. The quantitative estimate of drug-likeness (QED) is 0.335. The summed E-state index contributed by atoms with van der Waals surface area (Å²) in [6.07, 6.45) is 7.93. The fourth-order valence-electron chi connectivity index (χ4n) is 5.41. The number of likely N-dealkylation sites (tertiary alicyclic amines) is 1. The van der Waals surface area contributed by atoms with E-state index in [2.05, 4.69) is 25.5 Å². The first-order chi connectivity index (χ1) is 19.2. The molecule has 2 saturated heterocycles. The Kier molecular flexibility index (Phi) is 7.46. The summed E-state index contributed by atoms with van der Waals surface area (Å²) in [6.45, 7) is 5.82. The number of anilines is 1. The molecule has 10 nitrogen and oxygen atoms in total. The van der Waals surface area contributed by atoms with Gasteiger partial charge in [0.15, 0.2) is 11.5 Å². The van der Waals surface area contributed by atoms with Gasteiger partial charge in [-0.15, -0.1) is 0 Å². The lowest BCUT2D eigenvalue weighted by Crippen LogP contribution is -2.37. The van der Waals surface area contributed by atoms with Crippen LogP contribution in [0.25, 0.3) is 22.4 Å². The zero-order valence-electron chi connectivity index (χ0n) is 22.2. The highest BCUT2D eigenvalue weighted by Crippen LogP contribution is 2.32. The molecule has 6 rings (SSSR count). The van der Waals surface area contributed by atoms with E-state index in [1.54, 1.807) is 0 Å². The first-order valence-electron chi connectivity index (χ1n) is 13.5. The summed E-state index contributed by atoms with van der Waals surface area (Å²) >= 11 is 0. The molecule has 5 heterocycles. The van der Waals surface area contributed by atoms with Crippen molar-refractivity contribution >= 4 is 22.8 Å². The highest BCUT2D eigenvalue weighted by atomic mass is 16.5. The standard InChI is InChI=1S/C29H33N7O3/c1-38-26(37)17-21-4-6-23(7-5-21)27-32-28(35-13-15-39-16-14-35)25-19-31-36(29(25)33-27)24-8-11-34(12-9-24)20-22-3-2-10-30-18-22/h2-7,10,18-19,24H,8-9,11-17,20H2,1H3. The van der Waals surface area contributed by atoms with Gasteiger partial charge in [0.2, 0.25) is 0 Å². The number of benzene rings is 1. The van der Waals surface area contributed by atoms with Crippen LogP contribution in [0.1, 0.15) is 30.0 Å². The predicted octanol–water partition coefficient (Wildman–Crippen LogP) is 3.28. The van der Waals surface area contributed by atoms with E-state index in [9.17, 15) is 4.79 Å². The zero-order valence-corrected chi connectivity index (χ0v) is 22.2. The van der Waals surface area contributed by atoms with Crippen molar-refractivity contribution in [3.63, 3.8) is 0 Å². The number of rotatable bonds is 7. The molecule has 2 aliphatic heterocycles. The highest BCUT2D eigenvalue weighted by molar-refractivity contribution is 5.89. The molecule has 0 radical (unpaired) electrons. The van der Waals surface area contributed by atoms with E-state index in [-0.39, 0.29) is 18.4 Å². The third kappa shape index (κ3) is 5.62. The third-order valence-corrected chi connectivity index (χ3v) is 7.56. The Morgan fingerprint density at radius 2 is 1.79 bits per heavy atom.